The molecule has 1 aromatic heterocycles. The van der Waals surface area contributed by atoms with Crippen molar-refractivity contribution in [1.82, 2.24) is 10.1 Å². The number of carbonyl (C=O) groups is 2. The number of amides is 1. The van der Waals surface area contributed by atoms with Gasteiger partial charge < -0.3 is 14.5 Å². The van der Waals surface area contributed by atoms with Crippen LogP contribution < -0.4 is 0 Å². The number of hydrogen-bond acceptors (Lipinski definition) is 4. The highest BCUT2D eigenvalue weighted by Gasteiger charge is 2.34. The lowest BCUT2D eigenvalue weighted by molar-refractivity contribution is -0.141. The quantitative estimate of drug-likeness (QED) is 0.839. The third-order valence-corrected chi connectivity index (χ3v) is 3.09. The van der Waals surface area contributed by atoms with Crippen molar-refractivity contribution in [3.63, 3.8) is 0 Å². The monoisotopic (exact) mass is 238 g/mol. The summed E-state index contributed by atoms with van der Waals surface area (Å²) in [5, 5.41) is 12.7. The van der Waals surface area contributed by atoms with Gasteiger partial charge in [0.05, 0.1) is 18.2 Å². The molecule has 1 saturated heterocycles. The molecule has 1 amide bonds. The molecule has 1 N–H and O–H groups in total. The fraction of sp³-hybridized carbons (Fsp3) is 0.545. The zero-order valence-corrected chi connectivity index (χ0v) is 9.77. The fourth-order valence-corrected chi connectivity index (χ4v) is 2.01. The van der Waals surface area contributed by atoms with Crippen LogP contribution in [-0.2, 0) is 16.1 Å². The van der Waals surface area contributed by atoms with E-state index in [4.69, 9.17) is 9.63 Å². The van der Waals surface area contributed by atoms with Crippen molar-refractivity contribution in [2.75, 3.05) is 6.54 Å². The molecule has 1 aliphatic rings. The lowest BCUT2D eigenvalue weighted by atomic mass is 10.1. The van der Waals surface area contributed by atoms with Crippen LogP contribution in [-0.4, -0.2) is 33.6 Å². The molecule has 1 fully saturated rings. The zero-order chi connectivity index (χ0) is 12.6. The maximum Gasteiger partial charge on any atom is 0.308 e. The Morgan fingerprint density at radius 3 is 2.76 bits per heavy atom. The van der Waals surface area contributed by atoms with Crippen LogP contribution >= 0.6 is 0 Å². The molecule has 0 spiro atoms. The molecule has 1 aromatic rings. The first-order valence-electron chi connectivity index (χ1n) is 5.41. The minimum Gasteiger partial charge on any atom is -0.481 e. The van der Waals surface area contributed by atoms with Crippen LogP contribution in [0.1, 0.15) is 23.4 Å². The van der Waals surface area contributed by atoms with E-state index in [1.54, 1.807) is 18.7 Å². The van der Waals surface area contributed by atoms with E-state index < -0.39 is 11.9 Å². The lowest BCUT2D eigenvalue weighted by Gasteiger charge is -2.15. The molecule has 6 nitrogen and oxygen atoms in total. The Balaban J connectivity index is 2.10. The molecular formula is C11H14N2O4. The molecule has 0 aromatic carbocycles. The van der Waals surface area contributed by atoms with Crippen LogP contribution in [0.15, 0.2) is 4.52 Å². The van der Waals surface area contributed by atoms with Crippen molar-refractivity contribution >= 4 is 11.9 Å². The van der Waals surface area contributed by atoms with Crippen molar-refractivity contribution in [3.8, 4) is 0 Å². The van der Waals surface area contributed by atoms with Crippen LogP contribution in [0.3, 0.4) is 0 Å². The Kier molecular flexibility index (Phi) is 2.87. The molecule has 0 saturated carbocycles. The smallest absolute Gasteiger partial charge is 0.308 e. The first-order valence-corrected chi connectivity index (χ1v) is 5.41. The predicted molar refractivity (Wildman–Crippen MR) is 57.1 cm³/mol. The Morgan fingerprint density at radius 2 is 2.29 bits per heavy atom. The highest BCUT2D eigenvalue weighted by atomic mass is 16.5. The summed E-state index contributed by atoms with van der Waals surface area (Å²) in [5.74, 6) is -0.964. The van der Waals surface area contributed by atoms with Gasteiger partial charge in [0.15, 0.2) is 0 Å². The highest BCUT2D eigenvalue weighted by molar-refractivity contribution is 5.86. The van der Waals surface area contributed by atoms with Crippen LogP contribution in [0.5, 0.6) is 0 Å². The van der Waals surface area contributed by atoms with Gasteiger partial charge in [0.1, 0.15) is 5.76 Å². The van der Waals surface area contributed by atoms with E-state index in [0.717, 1.165) is 11.3 Å². The standard InChI is InChI=1S/C11H14N2O4/c1-6-9(7(2)17-12-6)5-13-4-8(11(15)16)3-10(13)14/h8H,3-5H2,1-2H3,(H,15,16). The molecular weight excluding hydrogens is 224 g/mol. The van der Waals surface area contributed by atoms with Crippen molar-refractivity contribution in [2.24, 2.45) is 5.92 Å². The number of likely N-dealkylation sites (tertiary alicyclic amines) is 1. The SMILES string of the molecule is Cc1noc(C)c1CN1CC(C(=O)O)CC1=O. The van der Waals surface area contributed by atoms with Crippen molar-refractivity contribution in [2.45, 2.75) is 26.8 Å². The number of aromatic nitrogens is 1. The number of carbonyl (C=O) groups excluding carboxylic acids is 1. The number of aryl methyl sites for hydroxylation is 2. The van der Waals surface area contributed by atoms with Gasteiger partial charge >= 0.3 is 5.97 Å². The topological polar surface area (TPSA) is 83.6 Å². The number of nitrogens with zero attached hydrogens (tertiary/aromatic N) is 2. The minimum atomic E-state index is -0.917. The summed E-state index contributed by atoms with van der Waals surface area (Å²) in [7, 11) is 0. The Morgan fingerprint density at radius 1 is 1.59 bits per heavy atom. The van der Waals surface area contributed by atoms with Crippen molar-refractivity contribution in [3.05, 3.63) is 17.0 Å². The second-order valence-electron chi connectivity index (χ2n) is 4.32. The van der Waals surface area contributed by atoms with Crippen LogP contribution in [0.2, 0.25) is 0 Å². The first-order chi connectivity index (χ1) is 7.99. The second-order valence-corrected chi connectivity index (χ2v) is 4.32. The molecule has 6 heteroatoms. The molecule has 0 bridgehead atoms. The molecule has 1 atom stereocenters. The average Bonchev–Trinajstić information content (AvgIpc) is 2.77. The van der Waals surface area contributed by atoms with Gasteiger partial charge in [-0.2, -0.15) is 0 Å². The Hall–Kier alpha value is -1.85. The summed E-state index contributed by atoms with van der Waals surface area (Å²) >= 11 is 0. The van der Waals surface area contributed by atoms with E-state index in [2.05, 4.69) is 5.16 Å². The fourth-order valence-electron chi connectivity index (χ4n) is 2.01. The summed E-state index contributed by atoms with van der Waals surface area (Å²) in [6.45, 7) is 4.23. The molecule has 92 valence electrons. The van der Waals surface area contributed by atoms with E-state index in [-0.39, 0.29) is 18.9 Å². The van der Waals surface area contributed by atoms with E-state index in [1.165, 1.54) is 0 Å². The van der Waals surface area contributed by atoms with E-state index >= 15 is 0 Å². The van der Waals surface area contributed by atoms with Gasteiger partial charge in [0.2, 0.25) is 5.91 Å². The van der Waals surface area contributed by atoms with Crippen LogP contribution in [0, 0.1) is 19.8 Å². The first kappa shape index (κ1) is 11.6. The Bertz CT molecular complexity index is 447. The number of carboxylic acids is 1. The van der Waals surface area contributed by atoms with Gasteiger partial charge in [0, 0.05) is 18.5 Å². The molecule has 17 heavy (non-hydrogen) atoms. The van der Waals surface area contributed by atoms with Crippen molar-refractivity contribution in [1.29, 1.82) is 0 Å². The number of aliphatic carboxylic acids is 1. The lowest BCUT2D eigenvalue weighted by Crippen LogP contribution is -2.26. The third kappa shape index (κ3) is 2.15. The molecule has 2 heterocycles. The molecule has 0 radical (unpaired) electrons. The predicted octanol–water partition coefficient (Wildman–Crippen LogP) is 0.725. The van der Waals surface area contributed by atoms with Crippen LogP contribution in [0.25, 0.3) is 0 Å². The van der Waals surface area contributed by atoms with Gasteiger partial charge in [-0.1, -0.05) is 5.16 Å². The summed E-state index contributed by atoms with van der Waals surface area (Å²) in [5.41, 5.74) is 1.61. The molecule has 0 aliphatic carbocycles. The summed E-state index contributed by atoms with van der Waals surface area (Å²) in [6.07, 6.45) is 0.0821. The second kappa shape index (κ2) is 4.20. The van der Waals surface area contributed by atoms with E-state index in [0.29, 0.717) is 12.3 Å². The largest absolute Gasteiger partial charge is 0.481 e. The average molecular weight is 238 g/mol. The van der Waals surface area contributed by atoms with Gasteiger partial charge in [-0.25, -0.2) is 0 Å². The third-order valence-electron chi connectivity index (χ3n) is 3.09. The summed E-state index contributed by atoms with van der Waals surface area (Å²) in [4.78, 5) is 24.0. The van der Waals surface area contributed by atoms with E-state index in [1.807, 2.05) is 0 Å². The molecule has 2 rings (SSSR count). The van der Waals surface area contributed by atoms with Crippen LogP contribution in [0.4, 0.5) is 0 Å². The molecule has 1 unspecified atom stereocenters. The Labute approximate surface area is 98.2 Å². The normalized spacial score (nSPS) is 20.0. The van der Waals surface area contributed by atoms with Gasteiger partial charge in [-0.15, -0.1) is 0 Å². The summed E-state index contributed by atoms with van der Waals surface area (Å²) in [6, 6.07) is 0. The minimum absolute atomic E-state index is 0.0821. The maximum absolute atomic E-state index is 11.6. The number of carboxylic acid groups (broad SMARTS) is 1. The summed E-state index contributed by atoms with van der Waals surface area (Å²) < 4.78 is 5.01. The highest BCUT2D eigenvalue weighted by Crippen LogP contribution is 2.22. The number of rotatable bonds is 3. The van der Waals surface area contributed by atoms with Crippen molar-refractivity contribution < 1.29 is 19.2 Å². The molecule has 1 aliphatic heterocycles. The maximum atomic E-state index is 11.6. The van der Waals surface area contributed by atoms with E-state index in [9.17, 15) is 9.59 Å². The zero-order valence-electron chi connectivity index (χ0n) is 9.77. The van der Waals surface area contributed by atoms with Gasteiger partial charge in [0.25, 0.3) is 0 Å². The van der Waals surface area contributed by atoms with Gasteiger partial charge in [-0.3, -0.25) is 9.59 Å². The number of hydrogen-bond donors (Lipinski definition) is 1. The van der Waals surface area contributed by atoms with Gasteiger partial charge in [-0.05, 0) is 13.8 Å².